The highest BCUT2D eigenvalue weighted by atomic mass is 32.2. The van der Waals surface area contributed by atoms with Gasteiger partial charge in [-0.3, -0.25) is 14.9 Å². The SMILES string of the molecule is CCCN1C(=O)C(=NC(=O)c2ccc(S(=O)(=O)Oc3cccc([N+](=O)[O-])c3)cc2)C(N)=[N+](CCC)C1=O. The summed E-state index contributed by atoms with van der Waals surface area (Å²) >= 11 is 0. The van der Waals surface area contributed by atoms with Crippen LogP contribution in [0.2, 0.25) is 0 Å². The fourth-order valence-corrected chi connectivity index (χ4v) is 4.34. The standard InChI is InChI=1S/C23H23N5O8S/c1-3-12-26-20(24)19(22(30)27(13-4-2)23(26)31)25-21(29)15-8-10-18(11-9-15)37(34,35)36-17-7-5-6-16(14-17)28(32)33/h5-11,14,24H,3-4,12-13H2,1-2H3/p+1. The van der Waals surface area contributed by atoms with E-state index in [1.807, 2.05) is 6.92 Å². The number of hydrogen-bond donors (Lipinski definition) is 1. The summed E-state index contributed by atoms with van der Waals surface area (Å²) in [5, 5.41) is 10.9. The zero-order valence-electron chi connectivity index (χ0n) is 20.0. The van der Waals surface area contributed by atoms with E-state index in [-0.39, 0.29) is 46.5 Å². The topological polar surface area (TPSA) is 182 Å². The summed E-state index contributed by atoms with van der Waals surface area (Å²) in [4.78, 5) is 52.9. The van der Waals surface area contributed by atoms with Gasteiger partial charge in [-0.25, -0.2) is 9.59 Å². The van der Waals surface area contributed by atoms with Crippen LogP contribution in [0.3, 0.4) is 0 Å². The first kappa shape index (κ1) is 27.1. The first-order valence-electron chi connectivity index (χ1n) is 11.2. The van der Waals surface area contributed by atoms with Gasteiger partial charge in [0.25, 0.3) is 17.4 Å². The van der Waals surface area contributed by atoms with E-state index in [1.165, 1.54) is 34.9 Å². The Balaban J connectivity index is 1.88. The molecule has 3 rings (SSSR count). The lowest BCUT2D eigenvalue weighted by atomic mass is 10.2. The Kier molecular flexibility index (Phi) is 8.12. The molecule has 0 radical (unpaired) electrons. The van der Waals surface area contributed by atoms with Crippen molar-refractivity contribution in [2.75, 3.05) is 13.1 Å². The average molecular weight is 531 g/mol. The van der Waals surface area contributed by atoms with Crippen LogP contribution in [0.25, 0.3) is 0 Å². The molecule has 1 aliphatic rings. The molecule has 0 saturated heterocycles. The predicted molar refractivity (Wildman–Crippen MR) is 131 cm³/mol. The molecular weight excluding hydrogens is 506 g/mol. The third-order valence-electron chi connectivity index (χ3n) is 5.18. The molecule has 37 heavy (non-hydrogen) atoms. The van der Waals surface area contributed by atoms with Crippen LogP contribution in [-0.2, 0) is 14.9 Å². The Morgan fingerprint density at radius 1 is 1.14 bits per heavy atom. The molecule has 0 fully saturated rings. The molecular formula is C23H24N5O8S+. The molecule has 2 aromatic rings. The lowest BCUT2D eigenvalue weighted by molar-refractivity contribution is -0.436. The van der Waals surface area contributed by atoms with Gasteiger partial charge in [0.05, 0.1) is 24.1 Å². The zero-order chi connectivity index (χ0) is 27.3. The summed E-state index contributed by atoms with van der Waals surface area (Å²) in [5.74, 6) is -2.17. The van der Waals surface area contributed by atoms with Gasteiger partial charge >= 0.3 is 22.1 Å². The van der Waals surface area contributed by atoms with Crippen LogP contribution < -0.4 is 9.92 Å². The van der Waals surface area contributed by atoms with E-state index in [0.717, 1.165) is 23.1 Å². The molecule has 194 valence electrons. The third-order valence-corrected chi connectivity index (χ3v) is 6.44. The number of amidine groups is 1. The number of nitrogens with zero attached hydrogens (tertiary/aromatic N) is 4. The van der Waals surface area contributed by atoms with Crippen LogP contribution in [0, 0.1) is 10.1 Å². The van der Waals surface area contributed by atoms with Crippen molar-refractivity contribution in [2.24, 2.45) is 10.7 Å². The number of benzene rings is 2. The summed E-state index contributed by atoms with van der Waals surface area (Å²) < 4.78 is 31.3. The van der Waals surface area contributed by atoms with Crippen molar-refractivity contribution in [1.29, 1.82) is 0 Å². The number of carbonyl (C=O) groups is 3. The minimum atomic E-state index is -4.38. The lowest BCUT2D eigenvalue weighted by Gasteiger charge is -2.22. The predicted octanol–water partition coefficient (Wildman–Crippen LogP) is 2.10. The summed E-state index contributed by atoms with van der Waals surface area (Å²) in [6, 6.07) is 8.58. The van der Waals surface area contributed by atoms with Crippen LogP contribution in [0.15, 0.2) is 58.4 Å². The molecule has 0 bridgehead atoms. The summed E-state index contributed by atoms with van der Waals surface area (Å²) in [6.07, 6.45) is 1.04. The van der Waals surface area contributed by atoms with Crippen LogP contribution in [-0.4, -0.2) is 65.3 Å². The van der Waals surface area contributed by atoms with E-state index in [9.17, 15) is 32.9 Å². The first-order valence-corrected chi connectivity index (χ1v) is 12.6. The summed E-state index contributed by atoms with van der Waals surface area (Å²) in [5.41, 5.74) is 5.23. The number of nitro groups is 1. The van der Waals surface area contributed by atoms with E-state index < -0.39 is 32.9 Å². The van der Waals surface area contributed by atoms with E-state index >= 15 is 0 Å². The van der Waals surface area contributed by atoms with Crippen LogP contribution in [0.5, 0.6) is 5.75 Å². The number of nitro benzene ring substituents is 1. The minimum absolute atomic E-state index is 0.0524. The largest absolute Gasteiger partial charge is 0.446 e. The van der Waals surface area contributed by atoms with Crippen molar-refractivity contribution in [2.45, 2.75) is 31.6 Å². The Morgan fingerprint density at radius 2 is 1.81 bits per heavy atom. The third kappa shape index (κ3) is 5.86. The smallest absolute Gasteiger partial charge is 0.379 e. The summed E-state index contributed by atoms with van der Waals surface area (Å²) in [6.45, 7) is 3.95. The molecule has 0 unspecified atom stereocenters. The van der Waals surface area contributed by atoms with E-state index in [2.05, 4.69) is 4.99 Å². The maximum Gasteiger partial charge on any atom is 0.446 e. The Labute approximate surface area is 212 Å². The molecule has 0 saturated carbocycles. The normalized spacial score (nSPS) is 15.3. The van der Waals surface area contributed by atoms with E-state index in [1.54, 1.807) is 6.92 Å². The van der Waals surface area contributed by atoms with Gasteiger partial charge in [0.1, 0.15) is 10.6 Å². The van der Waals surface area contributed by atoms with Crippen LogP contribution in [0.4, 0.5) is 10.5 Å². The van der Waals surface area contributed by atoms with Gasteiger partial charge in [0.15, 0.2) is 0 Å². The monoisotopic (exact) mass is 530 g/mol. The number of non-ortho nitro benzene ring substituents is 1. The summed E-state index contributed by atoms with van der Waals surface area (Å²) in [7, 11) is -4.38. The molecule has 14 heteroatoms. The van der Waals surface area contributed by atoms with Crippen molar-refractivity contribution >= 4 is 45.2 Å². The lowest BCUT2D eigenvalue weighted by Crippen LogP contribution is -2.58. The van der Waals surface area contributed by atoms with Crippen molar-refractivity contribution in [3.05, 3.63) is 64.2 Å². The van der Waals surface area contributed by atoms with Crippen LogP contribution >= 0.6 is 0 Å². The van der Waals surface area contributed by atoms with Gasteiger partial charge < -0.3 is 9.92 Å². The van der Waals surface area contributed by atoms with Gasteiger partial charge in [-0.15, -0.1) is 0 Å². The number of imide groups is 1. The first-order chi connectivity index (χ1) is 17.5. The number of rotatable bonds is 9. The van der Waals surface area contributed by atoms with E-state index in [4.69, 9.17) is 9.92 Å². The Morgan fingerprint density at radius 3 is 2.41 bits per heavy atom. The number of hydrogen-bond acceptors (Lipinski definition) is 9. The molecule has 2 aromatic carbocycles. The molecule has 0 spiro atoms. The highest BCUT2D eigenvalue weighted by Gasteiger charge is 2.43. The number of nitrogens with two attached hydrogens (primary N) is 1. The van der Waals surface area contributed by atoms with Gasteiger partial charge in [-0.1, -0.05) is 19.9 Å². The minimum Gasteiger partial charge on any atom is -0.379 e. The van der Waals surface area contributed by atoms with Crippen molar-refractivity contribution < 1.29 is 36.5 Å². The second-order valence-corrected chi connectivity index (χ2v) is 9.40. The van der Waals surface area contributed by atoms with Crippen molar-refractivity contribution in [3.63, 3.8) is 0 Å². The number of urea groups is 1. The molecule has 0 aromatic heterocycles. The maximum atomic E-state index is 12.8. The van der Waals surface area contributed by atoms with Crippen molar-refractivity contribution in [3.8, 4) is 5.75 Å². The molecule has 2 N–H and O–H groups in total. The maximum absolute atomic E-state index is 12.8. The quantitative estimate of drug-likeness (QED) is 0.219. The second-order valence-electron chi connectivity index (χ2n) is 7.86. The highest BCUT2D eigenvalue weighted by molar-refractivity contribution is 7.87. The van der Waals surface area contributed by atoms with Gasteiger partial charge in [0, 0.05) is 11.6 Å². The molecule has 0 atom stereocenters. The Bertz CT molecular complexity index is 1430. The molecule has 1 heterocycles. The number of carbonyl (C=O) groups excluding carboxylic acids is 3. The van der Waals surface area contributed by atoms with Gasteiger partial charge in [-0.2, -0.15) is 22.9 Å². The zero-order valence-corrected chi connectivity index (χ0v) is 20.8. The van der Waals surface area contributed by atoms with Crippen molar-refractivity contribution in [1.82, 2.24) is 4.90 Å². The van der Waals surface area contributed by atoms with Gasteiger partial charge in [0.2, 0.25) is 5.71 Å². The Hall–Kier alpha value is -4.46. The number of aliphatic imine (C=N–C) groups is 1. The number of amides is 4. The molecule has 4 amide bonds. The fourth-order valence-electron chi connectivity index (χ4n) is 3.42. The molecule has 13 nitrogen and oxygen atoms in total. The fraction of sp³-hybridized carbons (Fsp3) is 0.261. The van der Waals surface area contributed by atoms with E-state index in [0.29, 0.717) is 12.8 Å². The van der Waals surface area contributed by atoms with Gasteiger partial charge in [-0.05, 0) is 43.2 Å². The highest BCUT2D eigenvalue weighted by Crippen LogP contribution is 2.23. The average Bonchev–Trinajstić information content (AvgIpc) is 2.87. The van der Waals surface area contributed by atoms with Crippen LogP contribution in [0.1, 0.15) is 37.0 Å². The molecule has 0 aliphatic carbocycles. The second kappa shape index (κ2) is 11.1. The molecule has 1 aliphatic heterocycles.